The molecular formula is C24H24N4O2. The third-order valence-electron chi connectivity index (χ3n) is 6.15. The monoisotopic (exact) mass is 400 g/mol. The van der Waals surface area contributed by atoms with E-state index in [0.717, 1.165) is 35.2 Å². The first-order chi connectivity index (χ1) is 14.7. The van der Waals surface area contributed by atoms with Crippen molar-refractivity contribution < 1.29 is 9.59 Å². The fourth-order valence-corrected chi connectivity index (χ4v) is 4.55. The predicted molar refractivity (Wildman–Crippen MR) is 117 cm³/mol. The van der Waals surface area contributed by atoms with Crippen LogP contribution in [0.1, 0.15) is 6.42 Å². The first-order valence-electron chi connectivity index (χ1n) is 10.4. The molecule has 2 aliphatic rings. The maximum atomic E-state index is 13.1. The first-order valence-corrected chi connectivity index (χ1v) is 10.4. The highest BCUT2D eigenvalue weighted by atomic mass is 16.2. The topological polar surface area (TPSA) is 56.8 Å². The molecule has 6 nitrogen and oxygen atoms in total. The fraction of sp³-hybridized carbons (Fsp3) is 0.292. The highest BCUT2D eigenvalue weighted by Crippen LogP contribution is 2.32. The maximum absolute atomic E-state index is 13.1. The van der Waals surface area contributed by atoms with Gasteiger partial charge in [-0.15, -0.1) is 0 Å². The summed E-state index contributed by atoms with van der Waals surface area (Å²) in [7, 11) is 0. The Bertz CT molecular complexity index is 1070. The van der Waals surface area contributed by atoms with Crippen LogP contribution in [0.25, 0.3) is 10.8 Å². The third kappa shape index (κ3) is 3.38. The van der Waals surface area contributed by atoms with Crippen molar-refractivity contribution in [2.75, 3.05) is 42.5 Å². The number of pyridine rings is 1. The first kappa shape index (κ1) is 18.6. The molecule has 2 saturated heterocycles. The number of nitrogens with zero attached hydrogens (tertiary/aromatic N) is 4. The van der Waals surface area contributed by atoms with Gasteiger partial charge in [0.2, 0.25) is 11.8 Å². The molecule has 152 valence electrons. The number of aromatic nitrogens is 1. The van der Waals surface area contributed by atoms with E-state index in [4.69, 9.17) is 0 Å². The summed E-state index contributed by atoms with van der Waals surface area (Å²) in [6.45, 7) is 3.41. The average molecular weight is 400 g/mol. The van der Waals surface area contributed by atoms with Gasteiger partial charge in [-0.2, -0.15) is 0 Å². The largest absolute Gasteiger partial charge is 0.368 e. The Morgan fingerprint density at radius 3 is 2.43 bits per heavy atom. The Morgan fingerprint density at radius 2 is 1.63 bits per heavy atom. The summed E-state index contributed by atoms with van der Waals surface area (Å²) in [6.07, 6.45) is 3.87. The number of rotatable bonds is 3. The van der Waals surface area contributed by atoms with Crippen LogP contribution in [0.5, 0.6) is 0 Å². The van der Waals surface area contributed by atoms with Crippen LogP contribution in [0.4, 0.5) is 11.4 Å². The van der Waals surface area contributed by atoms with E-state index < -0.39 is 0 Å². The van der Waals surface area contributed by atoms with Crippen molar-refractivity contribution in [3.63, 3.8) is 0 Å². The Hall–Kier alpha value is -3.41. The normalized spacial score (nSPS) is 19.5. The zero-order chi connectivity index (χ0) is 20.5. The van der Waals surface area contributed by atoms with Crippen LogP contribution in [0.15, 0.2) is 67.0 Å². The van der Waals surface area contributed by atoms with Crippen molar-refractivity contribution in [3.8, 4) is 0 Å². The van der Waals surface area contributed by atoms with Gasteiger partial charge in [-0.3, -0.25) is 14.6 Å². The molecule has 3 heterocycles. The Morgan fingerprint density at radius 1 is 0.900 bits per heavy atom. The number of hydrogen-bond acceptors (Lipinski definition) is 4. The smallest absolute Gasteiger partial charge is 0.228 e. The summed E-state index contributed by atoms with van der Waals surface area (Å²) in [5, 5.41) is 2.15. The van der Waals surface area contributed by atoms with E-state index in [9.17, 15) is 9.59 Å². The van der Waals surface area contributed by atoms with Crippen LogP contribution in [-0.4, -0.2) is 54.4 Å². The molecule has 0 N–H and O–H groups in total. The highest BCUT2D eigenvalue weighted by molar-refractivity contribution is 6.07. The van der Waals surface area contributed by atoms with Gasteiger partial charge in [0, 0.05) is 62.6 Å². The quantitative estimate of drug-likeness (QED) is 0.678. The van der Waals surface area contributed by atoms with E-state index in [1.54, 1.807) is 17.3 Å². The second-order valence-electron chi connectivity index (χ2n) is 7.92. The van der Waals surface area contributed by atoms with Crippen molar-refractivity contribution in [3.05, 3.63) is 67.0 Å². The summed E-state index contributed by atoms with van der Waals surface area (Å²) in [5.41, 5.74) is 2.03. The second-order valence-corrected chi connectivity index (χ2v) is 7.92. The molecule has 3 aromatic rings. The molecule has 6 heteroatoms. The zero-order valence-electron chi connectivity index (χ0n) is 16.8. The molecule has 1 atom stereocenters. The van der Waals surface area contributed by atoms with Crippen LogP contribution in [0, 0.1) is 5.92 Å². The van der Waals surface area contributed by atoms with E-state index in [2.05, 4.69) is 9.88 Å². The second kappa shape index (κ2) is 7.78. The summed E-state index contributed by atoms with van der Waals surface area (Å²) in [4.78, 5) is 36.0. The molecule has 2 aromatic carbocycles. The molecule has 0 spiro atoms. The Balaban J connectivity index is 1.27. The van der Waals surface area contributed by atoms with E-state index in [1.807, 2.05) is 59.5 Å². The molecule has 0 bridgehead atoms. The van der Waals surface area contributed by atoms with Gasteiger partial charge in [-0.1, -0.05) is 36.4 Å². The molecular weight excluding hydrogens is 376 g/mol. The van der Waals surface area contributed by atoms with Crippen LogP contribution in [0.2, 0.25) is 0 Å². The Kier molecular flexibility index (Phi) is 4.83. The Labute approximate surface area is 175 Å². The van der Waals surface area contributed by atoms with Gasteiger partial charge in [-0.25, -0.2) is 0 Å². The lowest BCUT2D eigenvalue weighted by Gasteiger charge is -2.37. The predicted octanol–water partition coefficient (Wildman–Crippen LogP) is 2.94. The summed E-state index contributed by atoms with van der Waals surface area (Å²) in [5.74, 6) is -0.149. The van der Waals surface area contributed by atoms with Crippen molar-refractivity contribution in [2.24, 2.45) is 5.92 Å². The third-order valence-corrected chi connectivity index (χ3v) is 6.15. The van der Waals surface area contributed by atoms with Crippen molar-refractivity contribution in [2.45, 2.75) is 6.42 Å². The van der Waals surface area contributed by atoms with Gasteiger partial charge < -0.3 is 14.7 Å². The minimum Gasteiger partial charge on any atom is -0.368 e. The lowest BCUT2D eigenvalue weighted by atomic mass is 10.1. The lowest BCUT2D eigenvalue weighted by molar-refractivity contribution is -0.136. The molecule has 1 aromatic heterocycles. The average Bonchev–Trinajstić information content (AvgIpc) is 3.20. The molecule has 30 heavy (non-hydrogen) atoms. The van der Waals surface area contributed by atoms with Gasteiger partial charge in [0.25, 0.3) is 0 Å². The van der Waals surface area contributed by atoms with E-state index in [0.29, 0.717) is 19.6 Å². The van der Waals surface area contributed by atoms with Gasteiger partial charge in [0.1, 0.15) is 0 Å². The number of amides is 2. The number of fused-ring (bicyclic) bond motifs is 1. The summed E-state index contributed by atoms with van der Waals surface area (Å²) >= 11 is 0. The minimum absolute atomic E-state index is 0.0279. The number of anilines is 2. The number of hydrogen-bond donors (Lipinski definition) is 0. The van der Waals surface area contributed by atoms with Crippen LogP contribution < -0.4 is 9.80 Å². The molecule has 0 saturated carbocycles. The molecule has 2 fully saturated rings. The van der Waals surface area contributed by atoms with Gasteiger partial charge in [0.05, 0.1) is 11.6 Å². The van der Waals surface area contributed by atoms with Crippen molar-refractivity contribution in [1.29, 1.82) is 0 Å². The standard InChI is InChI=1S/C24H24N4O2/c29-23-16-19(17-28(23)22-7-3-5-18-4-1-2-6-21(18)22)24(30)27-14-12-26(13-15-27)20-8-10-25-11-9-20/h1-11,19H,12-17H2/t19-/m0/s1. The van der Waals surface area contributed by atoms with Crippen LogP contribution in [0.3, 0.4) is 0 Å². The number of carbonyl (C=O) groups excluding carboxylic acids is 2. The van der Waals surface area contributed by atoms with E-state index in [1.165, 1.54) is 0 Å². The molecule has 2 amide bonds. The number of carbonyl (C=O) groups is 2. The van der Waals surface area contributed by atoms with Gasteiger partial charge in [-0.05, 0) is 23.6 Å². The number of benzene rings is 2. The molecule has 2 aliphatic heterocycles. The van der Waals surface area contributed by atoms with Crippen molar-refractivity contribution in [1.82, 2.24) is 9.88 Å². The van der Waals surface area contributed by atoms with Crippen LogP contribution in [-0.2, 0) is 9.59 Å². The zero-order valence-corrected chi connectivity index (χ0v) is 16.8. The van der Waals surface area contributed by atoms with Crippen molar-refractivity contribution >= 4 is 34.0 Å². The number of piperazine rings is 1. The maximum Gasteiger partial charge on any atom is 0.228 e. The molecule has 0 unspecified atom stereocenters. The molecule has 0 aliphatic carbocycles. The molecule has 5 rings (SSSR count). The van der Waals surface area contributed by atoms with E-state index >= 15 is 0 Å². The van der Waals surface area contributed by atoms with Crippen LogP contribution >= 0.6 is 0 Å². The summed E-state index contributed by atoms with van der Waals surface area (Å²) in [6, 6.07) is 18.0. The fourth-order valence-electron chi connectivity index (χ4n) is 4.55. The molecule has 0 radical (unpaired) electrons. The SMILES string of the molecule is O=C([C@H]1CC(=O)N(c2cccc3ccccc23)C1)N1CCN(c2ccncc2)CC1. The lowest BCUT2D eigenvalue weighted by Crippen LogP contribution is -2.50. The van der Waals surface area contributed by atoms with Gasteiger partial charge >= 0.3 is 0 Å². The van der Waals surface area contributed by atoms with Gasteiger partial charge in [0.15, 0.2) is 0 Å². The highest BCUT2D eigenvalue weighted by Gasteiger charge is 2.38. The van der Waals surface area contributed by atoms with E-state index in [-0.39, 0.29) is 24.2 Å². The minimum atomic E-state index is -0.274. The summed E-state index contributed by atoms with van der Waals surface area (Å²) < 4.78 is 0.